The number of aliphatic hydroxyl groups is 1. The van der Waals surface area contributed by atoms with Crippen molar-refractivity contribution < 1.29 is 23.8 Å². The molecule has 1 amide bonds. The van der Waals surface area contributed by atoms with E-state index in [0.29, 0.717) is 11.5 Å². The van der Waals surface area contributed by atoms with Crippen molar-refractivity contribution in [1.29, 1.82) is 0 Å². The monoisotopic (exact) mass is 273 g/mol. The third-order valence-electron chi connectivity index (χ3n) is 2.15. The van der Waals surface area contributed by atoms with Crippen LogP contribution in [-0.2, 0) is 15.3 Å². The second kappa shape index (κ2) is 7.07. The van der Waals surface area contributed by atoms with Gasteiger partial charge in [-0.25, -0.2) is 4.79 Å². The van der Waals surface area contributed by atoms with E-state index in [4.69, 9.17) is 9.52 Å². The Morgan fingerprint density at radius 2 is 2.28 bits per heavy atom. The summed E-state index contributed by atoms with van der Waals surface area (Å²) in [5, 5.41) is 11.3. The molecule has 1 rings (SSSR count). The molecule has 0 aromatic carbocycles. The van der Waals surface area contributed by atoms with Crippen molar-refractivity contribution in [2.24, 2.45) is 0 Å². The van der Waals surface area contributed by atoms with E-state index >= 15 is 0 Å². The van der Waals surface area contributed by atoms with Crippen LogP contribution in [0.3, 0.4) is 0 Å². The van der Waals surface area contributed by atoms with Gasteiger partial charge in [-0.05, 0) is 18.4 Å². The Hall–Kier alpha value is -1.47. The second-order valence-electron chi connectivity index (χ2n) is 3.43. The lowest BCUT2D eigenvalue weighted by molar-refractivity contribution is -0.143. The van der Waals surface area contributed by atoms with Crippen molar-refractivity contribution >= 4 is 23.6 Å². The van der Waals surface area contributed by atoms with Crippen LogP contribution in [0, 0.1) is 0 Å². The summed E-state index contributed by atoms with van der Waals surface area (Å²) >= 11 is 1.57. The molecular weight excluding hydrogens is 258 g/mol. The van der Waals surface area contributed by atoms with Crippen LogP contribution in [0.4, 0.5) is 0 Å². The summed E-state index contributed by atoms with van der Waals surface area (Å²) in [4.78, 5) is 22.9. The van der Waals surface area contributed by atoms with Gasteiger partial charge in [0.2, 0.25) is 0 Å². The number of carbonyl (C=O) groups excluding carboxylic acids is 2. The molecule has 0 aliphatic heterocycles. The number of rotatable bonds is 6. The zero-order chi connectivity index (χ0) is 13.5. The lowest BCUT2D eigenvalue weighted by Crippen LogP contribution is -2.43. The Morgan fingerprint density at radius 1 is 1.56 bits per heavy atom. The Morgan fingerprint density at radius 3 is 2.83 bits per heavy atom. The summed E-state index contributed by atoms with van der Waals surface area (Å²) < 4.78 is 9.71. The standard InChI is InChI=1S/C11H15NO5S/c1-16-11(15)8(5-13)12-10(14)9-4-3-7(17-9)6-18-2/h3-4,8,13H,5-6H2,1-2H3,(H,12,14)/t8-/m0/s1. The first kappa shape index (κ1) is 14.6. The molecule has 0 aliphatic carbocycles. The summed E-state index contributed by atoms with van der Waals surface area (Å²) in [5.41, 5.74) is 0. The van der Waals surface area contributed by atoms with E-state index in [9.17, 15) is 9.59 Å². The number of thioether (sulfide) groups is 1. The zero-order valence-corrected chi connectivity index (χ0v) is 11.0. The van der Waals surface area contributed by atoms with Crippen molar-refractivity contribution in [3.05, 3.63) is 23.7 Å². The maximum absolute atomic E-state index is 11.7. The van der Waals surface area contributed by atoms with Gasteiger partial charge in [-0.15, -0.1) is 0 Å². The van der Waals surface area contributed by atoms with Crippen molar-refractivity contribution in [1.82, 2.24) is 5.32 Å². The number of methoxy groups -OCH3 is 1. The van der Waals surface area contributed by atoms with Crippen molar-refractivity contribution in [3.63, 3.8) is 0 Å². The normalized spacial score (nSPS) is 11.9. The summed E-state index contributed by atoms with van der Waals surface area (Å²) in [6, 6.07) is 2.13. The number of amides is 1. The molecule has 7 heteroatoms. The number of nitrogens with one attached hydrogen (secondary N) is 1. The molecule has 1 aromatic rings. The first-order chi connectivity index (χ1) is 8.62. The number of carbonyl (C=O) groups is 2. The lowest BCUT2D eigenvalue weighted by atomic mass is 10.3. The van der Waals surface area contributed by atoms with E-state index in [0.717, 1.165) is 0 Å². The third-order valence-corrected chi connectivity index (χ3v) is 2.72. The Labute approximate surface area is 109 Å². The smallest absolute Gasteiger partial charge is 0.330 e. The van der Waals surface area contributed by atoms with Crippen molar-refractivity contribution in [2.45, 2.75) is 11.8 Å². The fourth-order valence-corrected chi connectivity index (χ4v) is 1.71. The number of hydrogen-bond acceptors (Lipinski definition) is 6. The fraction of sp³-hybridized carbons (Fsp3) is 0.455. The van der Waals surface area contributed by atoms with E-state index in [1.165, 1.54) is 13.2 Å². The van der Waals surface area contributed by atoms with Crippen LogP contribution in [0.5, 0.6) is 0 Å². The number of furan rings is 1. The molecule has 6 nitrogen and oxygen atoms in total. The van der Waals surface area contributed by atoms with Gasteiger partial charge in [-0.3, -0.25) is 4.79 Å². The highest BCUT2D eigenvalue weighted by Gasteiger charge is 2.22. The quantitative estimate of drug-likeness (QED) is 0.730. The van der Waals surface area contributed by atoms with Gasteiger partial charge in [0.1, 0.15) is 5.76 Å². The number of ether oxygens (including phenoxy) is 1. The molecule has 0 aliphatic rings. The SMILES string of the molecule is COC(=O)[C@H](CO)NC(=O)c1ccc(CSC)o1. The van der Waals surface area contributed by atoms with Gasteiger partial charge in [0.05, 0.1) is 19.5 Å². The van der Waals surface area contributed by atoms with Crippen LogP contribution in [0.1, 0.15) is 16.3 Å². The van der Waals surface area contributed by atoms with Crippen LogP contribution in [0.15, 0.2) is 16.5 Å². The summed E-state index contributed by atoms with van der Waals surface area (Å²) in [6.07, 6.45) is 1.92. The minimum absolute atomic E-state index is 0.0985. The molecular formula is C11H15NO5S. The van der Waals surface area contributed by atoms with Crippen molar-refractivity contribution in [2.75, 3.05) is 20.0 Å². The highest BCUT2D eigenvalue weighted by atomic mass is 32.2. The Bertz CT molecular complexity index is 417. The highest BCUT2D eigenvalue weighted by molar-refractivity contribution is 7.97. The van der Waals surface area contributed by atoms with Gasteiger partial charge in [-0.1, -0.05) is 0 Å². The maximum Gasteiger partial charge on any atom is 0.330 e. The first-order valence-corrected chi connectivity index (χ1v) is 6.59. The van der Waals surface area contributed by atoms with Gasteiger partial charge < -0.3 is 19.6 Å². The Kier molecular flexibility index (Phi) is 5.73. The molecule has 0 saturated heterocycles. The first-order valence-electron chi connectivity index (χ1n) is 5.19. The molecule has 1 heterocycles. The minimum atomic E-state index is -1.09. The number of hydrogen-bond donors (Lipinski definition) is 2. The summed E-state index contributed by atoms with van der Waals surface area (Å²) in [5.74, 6) is 0.162. The molecule has 1 atom stereocenters. The third kappa shape index (κ3) is 3.78. The average Bonchev–Trinajstić information content (AvgIpc) is 2.84. The molecule has 0 fully saturated rings. The molecule has 0 saturated carbocycles. The van der Waals surface area contributed by atoms with Crippen LogP contribution < -0.4 is 5.32 Å². The minimum Gasteiger partial charge on any atom is -0.467 e. The predicted octanol–water partition coefficient (Wildman–Crippen LogP) is 0.406. The maximum atomic E-state index is 11.7. The van der Waals surface area contributed by atoms with Gasteiger partial charge in [-0.2, -0.15) is 11.8 Å². The van der Waals surface area contributed by atoms with E-state index in [-0.39, 0.29) is 5.76 Å². The molecule has 0 radical (unpaired) electrons. The lowest BCUT2D eigenvalue weighted by Gasteiger charge is -2.12. The molecule has 1 aromatic heterocycles. The van der Waals surface area contributed by atoms with Gasteiger partial charge in [0.15, 0.2) is 11.8 Å². The molecule has 0 unspecified atom stereocenters. The molecule has 2 N–H and O–H groups in total. The fourth-order valence-electron chi connectivity index (χ4n) is 1.27. The summed E-state index contributed by atoms with van der Waals surface area (Å²) in [7, 11) is 1.18. The van der Waals surface area contributed by atoms with E-state index in [1.807, 2.05) is 6.26 Å². The number of esters is 1. The molecule has 0 spiro atoms. The van der Waals surface area contributed by atoms with Crippen LogP contribution in [0.25, 0.3) is 0 Å². The van der Waals surface area contributed by atoms with Crippen LogP contribution in [0.2, 0.25) is 0 Å². The van der Waals surface area contributed by atoms with Gasteiger partial charge in [0, 0.05) is 0 Å². The average molecular weight is 273 g/mol. The second-order valence-corrected chi connectivity index (χ2v) is 4.30. The summed E-state index contributed by atoms with van der Waals surface area (Å²) in [6.45, 7) is -0.531. The number of aliphatic hydroxyl groups excluding tert-OH is 1. The highest BCUT2D eigenvalue weighted by Crippen LogP contribution is 2.13. The van der Waals surface area contributed by atoms with Crippen LogP contribution >= 0.6 is 11.8 Å². The predicted molar refractivity (Wildman–Crippen MR) is 66.3 cm³/mol. The molecule has 100 valence electrons. The van der Waals surface area contributed by atoms with Gasteiger partial charge in [0.25, 0.3) is 5.91 Å². The zero-order valence-electron chi connectivity index (χ0n) is 10.1. The van der Waals surface area contributed by atoms with Gasteiger partial charge >= 0.3 is 5.97 Å². The van der Waals surface area contributed by atoms with E-state index in [1.54, 1.807) is 17.8 Å². The van der Waals surface area contributed by atoms with E-state index in [2.05, 4.69) is 10.1 Å². The topological polar surface area (TPSA) is 88.8 Å². The largest absolute Gasteiger partial charge is 0.467 e. The van der Waals surface area contributed by atoms with Crippen molar-refractivity contribution in [3.8, 4) is 0 Å². The van der Waals surface area contributed by atoms with E-state index < -0.39 is 24.5 Å². The molecule has 0 bridgehead atoms. The Balaban J connectivity index is 2.65. The van der Waals surface area contributed by atoms with Crippen LogP contribution in [-0.4, -0.2) is 43.0 Å². The molecule has 18 heavy (non-hydrogen) atoms.